The van der Waals surface area contributed by atoms with Gasteiger partial charge in [-0.3, -0.25) is 14.5 Å². The van der Waals surface area contributed by atoms with Crippen LogP contribution in [0.25, 0.3) is 5.76 Å². The van der Waals surface area contributed by atoms with E-state index in [9.17, 15) is 14.7 Å². The summed E-state index contributed by atoms with van der Waals surface area (Å²) in [5, 5.41) is 11.5. The number of benzene rings is 3. The van der Waals surface area contributed by atoms with Gasteiger partial charge in [-0.05, 0) is 42.3 Å². The Labute approximate surface area is 213 Å². The fraction of sp³-hybridized carbons (Fsp3) is 0.214. The maximum Gasteiger partial charge on any atom is 0.300 e. The Morgan fingerprint density at radius 3 is 2.50 bits per heavy atom. The van der Waals surface area contributed by atoms with Crippen LogP contribution in [0.1, 0.15) is 31.0 Å². The number of hydrogen-bond donors (Lipinski definition) is 1. The van der Waals surface area contributed by atoms with Gasteiger partial charge in [-0.15, -0.1) is 0 Å². The van der Waals surface area contributed by atoms with Crippen molar-refractivity contribution in [3.05, 3.63) is 94.3 Å². The second kappa shape index (κ2) is 10.4. The standard InChI is InChI=1S/C28H25ClFNO5/c1-16(2)15-36-19-8-6-7-17(13-19)26(32)24-25(20-9-4-5-10-22(20)30)31(28(34)27(24)33)18-11-12-23(35-3)21(29)14-18/h4-14,16,25,32H,15H2,1-3H3/b26-24+. The SMILES string of the molecule is COc1ccc(N2C(=O)C(=O)/C(=C(/O)c3cccc(OCC(C)C)c3)C2c2ccccc2F)cc1Cl. The second-order valence-corrected chi connectivity index (χ2v) is 9.15. The Hall–Kier alpha value is -3.84. The number of carbonyl (C=O) groups excluding carboxylic acids is 2. The number of carbonyl (C=O) groups is 2. The lowest BCUT2D eigenvalue weighted by atomic mass is 9.94. The van der Waals surface area contributed by atoms with E-state index in [0.717, 1.165) is 4.90 Å². The zero-order valence-corrected chi connectivity index (χ0v) is 20.8. The molecule has 1 saturated heterocycles. The maximum atomic E-state index is 15.0. The van der Waals surface area contributed by atoms with Crippen LogP contribution >= 0.6 is 11.6 Å². The highest BCUT2D eigenvalue weighted by atomic mass is 35.5. The quantitative estimate of drug-likeness (QED) is 0.235. The molecule has 4 rings (SSSR count). The minimum absolute atomic E-state index is 0.0532. The largest absolute Gasteiger partial charge is 0.507 e. The van der Waals surface area contributed by atoms with Gasteiger partial charge in [0.15, 0.2) is 0 Å². The van der Waals surface area contributed by atoms with Crippen molar-refractivity contribution in [3.8, 4) is 11.5 Å². The van der Waals surface area contributed by atoms with Gasteiger partial charge >= 0.3 is 0 Å². The Morgan fingerprint density at radius 1 is 1.08 bits per heavy atom. The summed E-state index contributed by atoms with van der Waals surface area (Å²) in [5.74, 6) is -1.78. The molecule has 1 heterocycles. The van der Waals surface area contributed by atoms with Crippen LogP contribution in [0, 0.1) is 11.7 Å². The van der Waals surface area contributed by atoms with E-state index in [4.69, 9.17) is 21.1 Å². The maximum absolute atomic E-state index is 15.0. The van der Waals surface area contributed by atoms with Gasteiger partial charge in [-0.1, -0.05) is 55.8 Å². The predicted molar refractivity (Wildman–Crippen MR) is 136 cm³/mol. The number of hydrogen-bond acceptors (Lipinski definition) is 5. The van der Waals surface area contributed by atoms with Crippen LogP contribution in [0.5, 0.6) is 11.5 Å². The molecule has 0 aliphatic carbocycles. The molecule has 1 fully saturated rings. The monoisotopic (exact) mass is 509 g/mol. The van der Waals surface area contributed by atoms with Gasteiger partial charge in [0.05, 0.1) is 30.4 Å². The van der Waals surface area contributed by atoms with Crippen molar-refractivity contribution >= 4 is 34.7 Å². The number of amides is 1. The highest BCUT2D eigenvalue weighted by Crippen LogP contribution is 2.44. The number of ketones is 1. The van der Waals surface area contributed by atoms with Crippen LogP contribution in [-0.2, 0) is 9.59 Å². The van der Waals surface area contributed by atoms with Crippen LogP contribution in [0.4, 0.5) is 10.1 Å². The van der Waals surface area contributed by atoms with Crippen molar-refractivity contribution in [1.82, 2.24) is 0 Å². The molecule has 1 N–H and O–H groups in total. The van der Waals surface area contributed by atoms with Crippen molar-refractivity contribution in [3.63, 3.8) is 0 Å². The first-order valence-electron chi connectivity index (χ1n) is 11.3. The van der Waals surface area contributed by atoms with Gasteiger partial charge in [0, 0.05) is 16.8 Å². The van der Waals surface area contributed by atoms with Crippen LogP contribution in [0.15, 0.2) is 72.3 Å². The van der Waals surface area contributed by atoms with E-state index < -0.39 is 29.3 Å². The molecule has 186 valence electrons. The zero-order valence-electron chi connectivity index (χ0n) is 20.0. The number of ether oxygens (including phenoxy) is 2. The summed E-state index contributed by atoms with van der Waals surface area (Å²) in [6, 6.07) is 15.7. The average Bonchev–Trinajstić information content (AvgIpc) is 3.12. The van der Waals surface area contributed by atoms with Crippen LogP contribution in [-0.4, -0.2) is 30.5 Å². The Morgan fingerprint density at radius 2 is 1.83 bits per heavy atom. The molecule has 3 aromatic carbocycles. The van der Waals surface area contributed by atoms with E-state index in [1.807, 2.05) is 13.8 Å². The van der Waals surface area contributed by atoms with Crippen LogP contribution in [0.2, 0.25) is 5.02 Å². The first kappa shape index (κ1) is 25.3. The summed E-state index contributed by atoms with van der Waals surface area (Å²) in [4.78, 5) is 27.7. The lowest BCUT2D eigenvalue weighted by molar-refractivity contribution is -0.132. The summed E-state index contributed by atoms with van der Waals surface area (Å²) in [6.45, 7) is 4.47. The van der Waals surface area contributed by atoms with Gasteiger partial charge in [-0.25, -0.2) is 4.39 Å². The molecule has 3 aromatic rings. The summed E-state index contributed by atoms with van der Waals surface area (Å²) in [5.41, 5.74) is 0.336. The molecule has 0 saturated carbocycles. The number of aliphatic hydroxyl groups excluding tert-OH is 1. The topological polar surface area (TPSA) is 76.1 Å². The molecule has 0 spiro atoms. The van der Waals surface area contributed by atoms with E-state index >= 15 is 4.39 Å². The van der Waals surface area contributed by atoms with Crippen molar-refractivity contribution in [1.29, 1.82) is 0 Å². The lowest BCUT2D eigenvalue weighted by Gasteiger charge is -2.26. The Kier molecular flexibility index (Phi) is 7.31. The Balaban J connectivity index is 1.89. The number of halogens is 2. The molecule has 1 unspecified atom stereocenters. The Bertz CT molecular complexity index is 1350. The third-order valence-electron chi connectivity index (χ3n) is 5.75. The molecule has 36 heavy (non-hydrogen) atoms. The second-order valence-electron chi connectivity index (χ2n) is 8.74. The van der Waals surface area contributed by atoms with E-state index in [1.165, 1.54) is 31.4 Å². The number of methoxy groups -OCH3 is 1. The summed E-state index contributed by atoms with van der Waals surface area (Å²) in [6.07, 6.45) is 0. The highest BCUT2D eigenvalue weighted by molar-refractivity contribution is 6.51. The first-order valence-corrected chi connectivity index (χ1v) is 11.7. The predicted octanol–water partition coefficient (Wildman–Crippen LogP) is 6.15. The van der Waals surface area contributed by atoms with Gasteiger partial charge in [0.25, 0.3) is 11.7 Å². The number of nitrogens with zero attached hydrogens (tertiary/aromatic N) is 1. The molecule has 1 amide bonds. The van der Waals surface area contributed by atoms with Crippen molar-refractivity contribution < 1.29 is 28.6 Å². The van der Waals surface area contributed by atoms with Crippen LogP contribution in [0.3, 0.4) is 0 Å². The van der Waals surface area contributed by atoms with Gasteiger partial charge in [0.1, 0.15) is 23.1 Å². The molecule has 1 aliphatic rings. The van der Waals surface area contributed by atoms with E-state index in [2.05, 4.69) is 0 Å². The minimum Gasteiger partial charge on any atom is -0.507 e. The third kappa shape index (κ3) is 4.79. The summed E-state index contributed by atoms with van der Waals surface area (Å²) in [7, 11) is 1.45. The smallest absolute Gasteiger partial charge is 0.300 e. The van der Waals surface area contributed by atoms with Crippen molar-refractivity contribution in [2.75, 3.05) is 18.6 Å². The average molecular weight is 510 g/mol. The van der Waals surface area contributed by atoms with E-state index in [-0.39, 0.29) is 33.3 Å². The first-order chi connectivity index (χ1) is 17.2. The van der Waals surface area contributed by atoms with Crippen molar-refractivity contribution in [2.24, 2.45) is 5.92 Å². The van der Waals surface area contributed by atoms with Crippen LogP contribution < -0.4 is 14.4 Å². The lowest BCUT2D eigenvalue weighted by Crippen LogP contribution is -2.29. The highest BCUT2D eigenvalue weighted by Gasteiger charge is 2.48. The third-order valence-corrected chi connectivity index (χ3v) is 6.04. The van der Waals surface area contributed by atoms with Crippen molar-refractivity contribution in [2.45, 2.75) is 19.9 Å². The van der Waals surface area contributed by atoms with Gasteiger partial charge < -0.3 is 14.6 Å². The van der Waals surface area contributed by atoms with E-state index in [1.54, 1.807) is 42.5 Å². The summed E-state index contributed by atoms with van der Waals surface area (Å²) >= 11 is 6.28. The summed E-state index contributed by atoms with van der Waals surface area (Å²) < 4.78 is 26.0. The normalized spacial score (nSPS) is 17.1. The minimum atomic E-state index is -1.23. The number of rotatable bonds is 7. The molecule has 8 heteroatoms. The molecule has 0 aromatic heterocycles. The molecule has 0 bridgehead atoms. The zero-order chi connectivity index (χ0) is 26.0. The number of anilines is 1. The fourth-order valence-corrected chi connectivity index (χ4v) is 4.30. The molecule has 1 aliphatic heterocycles. The molecule has 6 nitrogen and oxygen atoms in total. The van der Waals surface area contributed by atoms with Gasteiger partial charge in [0.2, 0.25) is 0 Å². The molecule has 1 atom stereocenters. The number of Topliss-reactive ketones (excluding diaryl/α,β-unsaturated/α-hetero) is 1. The van der Waals surface area contributed by atoms with E-state index in [0.29, 0.717) is 18.1 Å². The molecular formula is C28H25ClFNO5. The molecule has 0 radical (unpaired) electrons. The fourth-order valence-electron chi connectivity index (χ4n) is 4.05. The molecular weight excluding hydrogens is 485 g/mol. The van der Waals surface area contributed by atoms with Gasteiger partial charge in [-0.2, -0.15) is 0 Å². The number of aliphatic hydroxyl groups is 1.